The number of carbonyl (C=O) groups excluding carboxylic acids is 2. The third-order valence-corrected chi connectivity index (χ3v) is 7.03. The number of amides is 3. The van der Waals surface area contributed by atoms with Gasteiger partial charge in [0.05, 0.1) is 6.61 Å². The standard InChI is InChI=1S/C27H44N4O4/c1-3-35-15-8-13-29-27(33)31-20-23-17-24(21-30(19-23)18-22-9-5-4-6-10-22)25(31)11-7-12-26(32)28-14-16-34-2/h4-6,9-10,23-25H,3,7-8,11-21H2,1-2H3,(H,28,32)(H,29,33). The van der Waals surface area contributed by atoms with E-state index in [0.717, 1.165) is 51.9 Å². The highest BCUT2D eigenvalue weighted by molar-refractivity contribution is 5.76. The Morgan fingerprint density at radius 2 is 1.86 bits per heavy atom. The molecule has 1 aromatic carbocycles. The molecule has 1 aromatic rings. The monoisotopic (exact) mass is 488 g/mol. The van der Waals surface area contributed by atoms with Crippen LogP contribution in [0, 0.1) is 11.8 Å². The van der Waals surface area contributed by atoms with Gasteiger partial charge >= 0.3 is 6.03 Å². The van der Waals surface area contributed by atoms with E-state index < -0.39 is 0 Å². The summed E-state index contributed by atoms with van der Waals surface area (Å²) in [6.07, 6.45) is 4.08. The van der Waals surface area contributed by atoms with E-state index in [2.05, 4.69) is 50.8 Å². The summed E-state index contributed by atoms with van der Waals surface area (Å²) in [7, 11) is 1.63. The summed E-state index contributed by atoms with van der Waals surface area (Å²) < 4.78 is 10.4. The molecule has 3 atom stereocenters. The van der Waals surface area contributed by atoms with Gasteiger partial charge in [0.1, 0.15) is 0 Å². The fourth-order valence-electron chi connectivity index (χ4n) is 5.49. The molecule has 3 rings (SSSR count). The van der Waals surface area contributed by atoms with Crippen molar-refractivity contribution in [3.63, 3.8) is 0 Å². The number of fused-ring (bicyclic) bond motifs is 2. The fourth-order valence-corrected chi connectivity index (χ4v) is 5.49. The lowest BCUT2D eigenvalue weighted by Crippen LogP contribution is -2.60. The summed E-state index contributed by atoms with van der Waals surface area (Å²) in [5.41, 5.74) is 1.33. The molecular formula is C27H44N4O4. The molecule has 8 nitrogen and oxygen atoms in total. The smallest absolute Gasteiger partial charge is 0.317 e. The number of hydrogen-bond acceptors (Lipinski definition) is 5. The molecule has 0 aromatic heterocycles. The lowest BCUT2D eigenvalue weighted by atomic mass is 9.77. The number of urea groups is 1. The van der Waals surface area contributed by atoms with E-state index in [0.29, 0.717) is 51.2 Å². The maximum atomic E-state index is 13.2. The van der Waals surface area contributed by atoms with Crippen LogP contribution in [-0.4, -0.2) is 87.4 Å². The molecule has 2 heterocycles. The van der Waals surface area contributed by atoms with Crippen molar-refractivity contribution in [3.8, 4) is 0 Å². The zero-order valence-electron chi connectivity index (χ0n) is 21.5. The van der Waals surface area contributed by atoms with Crippen molar-refractivity contribution in [2.24, 2.45) is 11.8 Å². The molecule has 2 fully saturated rings. The number of piperidine rings is 2. The maximum Gasteiger partial charge on any atom is 0.317 e. The van der Waals surface area contributed by atoms with E-state index in [1.807, 2.05) is 6.92 Å². The normalized spacial score (nSPS) is 22.1. The Morgan fingerprint density at radius 1 is 1.03 bits per heavy atom. The van der Waals surface area contributed by atoms with Gasteiger partial charge in [0.2, 0.25) is 5.91 Å². The van der Waals surface area contributed by atoms with Crippen LogP contribution in [0.3, 0.4) is 0 Å². The molecule has 2 N–H and O–H groups in total. The SMILES string of the molecule is CCOCCCNC(=O)N1CC2CC(CN(Cc3ccccc3)C2)C1CCCC(=O)NCCOC. The highest BCUT2D eigenvalue weighted by Crippen LogP contribution is 2.36. The Hall–Kier alpha value is -2.16. The number of nitrogens with zero attached hydrogens (tertiary/aromatic N) is 2. The predicted molar refractivity (Wildman–Crippen MR) is 137 cm³/mol. The number of methoxy groups -OCH3 is 1. The van der Waals surface area contributed by atoms with Gasteiger partial charge in [-0.25, -0.2) is 4.79 Å². The maximum absolute atomic E-state index is 13.2. The Labute approximate surface area is 210 Å². The summed E-state index contributed by atoms with van der Waals surface area (Å²) in [6, 6.07) is 10.8. The van der Waals surface area contributed by atoms with Crippen LogP contribution in [0.4, 0.5) is 4.79 Å². The molecule has 2 bridgehead atoms. The molecule has 0 saturated carbocycles. The van der Waals surface area contributed by atoms with E-state index >= 15 is 0 Å². The Bertz CT molecular complexity index is 763. The lowest BCUT2D eigenvalue weighted by Gasteiger charge is -2.51. The van der Waals surface area contributed by atoms with E-state index in [4.69, 9.17) is 9.47 Å². The second kappa shape index (κ2) is 15.1. The van der Waals surface area contributed by atoms with Crippen LogP contribution in [0.5, 0.6) is 0 Å². The third-order valence-electron chi connectivity index (χ3n) is 7.03. The molecule has 3 unspecified atom stereocenters. The minimum atomic E-state index is 0.0299. The molecular weight excluding hydrogens is 444 g/mol. The molecule has 196 valence electrons. The highest BCUT2D eigenvalue weighted by Gasteiger charge is 2.42. The molecule has 8 heteroatoms. The minimum Gasteiger partial charge on any atom is -0.383 e. The number of hydrogen-bond donors (Lipinski definition) is 2. The summed E-state index contributed by atoms with van der Waals surface area (Å²) >= 11 is 0. The van der Waals surface area contributed by atoms with Crippen molar-refractivity contribution in [2.75, 3.05) is 59.7 Å². The molecule has 3 amide bonds. The van der Waals surface area contributed by atoms with Crippen molar-refractivity contribution in [1.29, 1.82) is 0 Å². The van der Waals surface area contributed by atoms with Crippen LogP contribution >= 0.6 is 0 Å². The number of nitrogens with one attached hydrogen (secondary N) is 2. The first-order chi connectivity index (χ1) is 17.1. The number of benzene rings is 1. The first kappa shape index (κ1) is 27.4. The van der Waals surface area contributed by atoms with Gasteiger partial charge in [0.25, 0.3) is 0 Å². The van der Waals surface area contributed by atoms with Gasteiger partial charge in [-0.2, -0.15) is 0 Å². The number of likely N-dealkylation sites (tertiary alicyclic amines) is 2. The van der Waals surface area contributed by atoms with Gasteiger partial charge in [0.15, 0.2) is 0 Å². The fraction of sp³-hybridized carbons (Fsp3) is 0.704. The predicted octanol–water partition coefficient (Wildman–Crippen LogP) is 2.88. The second-order valence-electron chi connectivity index (χ2n) is 9.78. The van der Waals surface area contributed by atoms with Crippen molar-refractivity contribution in [1.82, 2.24) is 20.4 Å². The molecule has 0 spiro atoms. The van der Waals surface area contributed by atoms with E-state index in [9.17, 15) is 9.59 Å². The molecule has 2 aliphatic heterocycles. The average molecular weight is 489 g/mol. The third kappa shape index (κ3) is 9.09. The van der Waals surface area contributed by atoms with Gasteiger partial charge in [-0.1, -0.05) is 30.3 Å². The average Bonchev–Trinajstić information content (AvgIpc) is 2.85. The van der Waals surface area contributed by atoms with Crippen LogP contribution in [0.1, 0.15) is 44.6 Å². The number of rotatable bonds is 14. The largest absolute Gasteiger partial charge is 0.383 e. The number of carbonyl (C=O) groups is 2. The summed E-state index contributed by atoms with van der Waals surface area (Å²) in [5, 5.41) is 6.02. The minimum absolute atomic E-state index is 0.0299. The van der Waals surface area contributed by atoms with Crippen molar-refractivity contribution >= 4 is 11.9 Å². The number of ether oxygens (including phenoxy) is 2. The molecule has 35 heavy (non-hydrogen) atoms. The van der Waals surface area contributed by atoms with Crippen LogP contribution in [0.25, 0.3) is 0 Å². The summed E-state index contributed by atoms with van der Waals surface area (Å²) in [6.45, 7) is 8.77. The zero-order chi connectivity index (χ0) is 24.9. The van der Waals surface area contributed by atoms with Gasteiger partial charge in [0, 0.05) is 72.1 Å². The zero-order valence-corrected chi connectivity index (χ0v) is 21.5. The van der Waals surface area contributed by atoms with Crippen molar-refractivity contribution in [2.45, 2.75) is 51.6 Å². The Kier molecular flexibility index (Phi) is 11.8. The van der Waals surface area contributed by atoms with Crippen molar-refractivity contribution in [3.05, 3.63) is 35.9 Å². The lowest BCUT2D eigenvalue weighted by molar-refractivity contribution is -0.121. The van der Waals surface area contributed by atoms with Crippen LogP contribution < -0.4 is 10.6 Å². The quantitative estimate of drug-likeness (QED) is 0.394. The van der Waals surface area contributed by atoms with Crippen LogP contribution in [-0.2, 0) is 20.8 Å². The summed E-state index contributed by atoms with van der Waals surface area (Å²) in [4.78, 5) is 30.0. The van der Waals surface area contributed by atoms with Gasteiger partial charge in [-0.15, -0.1) is 0 Å². The molecule has 2 aliphatic rings. The van der Waals surface area contributed by atoms with E-state index in [1.54, 1.807) is 7.11 Å². The first-order valence-corrected chi connectivity index (χ1v) is 13.2. The van der Waals surface area contributed by atoms with Crippen LogP contribution in [0.15, 0.2) is 30.3 Å². The molecule has 2 saturated heterocycles. The topological polar surface area (TPSA) is 83.1 Å². The highest BCUT2D eigenvalue weighted by atomic mass is 16.5. The van der Waals surface area contributed by atoms with Gasteiger partial charge in [-0.3, -0.25) is 9.69 Å². The Balaban J connectivity index is 1.58. The first-order valence-electron chi connectivity index (χ1n) is 13.2. The van der Waals surface area contributed by atoms with Gasteiger partial charge in [-0.05, 0) is 50.0 Å². The summed E-state index contributed by atoms with van der Waals surface area (Å²) in [5.74, 6) is 0.967. The van der Waals surface area contributed by atoms with Crippen LogP contribution in [0.2, 0.25) is 0 Å². The molecule has 0 radical (unpaired) electrons. The van der Waals surface area contributed by atoms with Gasteiger partial charge < -0.3 is 25.0 Å². The van der Waals surface area contributed by atoms with E-state index in [1.165, 1.54) is 5.56 Å². The molecule has 0 aliphatic carbocycles. The second-order valence-corrected chi connectivity index (χ2v) is 9.78. The van der Waals surface area contributed by atoms with Crippen molar-refractivity contribution < 1.29 is 19.1 Å². The van der Waals surface area contributed by atoms with E-state index in [-0.39, 0.29) is 18.0 Å². The Morgan fingerprint density at radius 3 is 2.63 bits per heavy atom.